The van der Waals surface area contributed by atoms with Crippen LogP contribution in [-0.4, -0.2) is 5.91 Å². The molecule has 1 aliphatic carbocycles. The first-order valence-electron chi connectivity index (χ1n) is 7.24. The van der Waals surface area contributed by atoms with Crippen molar-refractivity contribution in [3.63, 3.8) is 0 Å². The Bertz CT molecular complexity index is 903. The molecule has 130 valence electrons. The fourth-order valence-corrected chi connectivity index (χ4v) is 3.98. The summed E-state index contributed by atoms with van der Waals surface area (Å²) < 4.78 is 67.0. The molecule has 0 spiro atoms. The molecule has 0 aliphatic heterocycles. The van der Waals surface area contributed by atoms with Crippen molar-refractivity contribution in [3.05, 3.63) is 50.7 Å². The van der Waals surface area contributed by atoms with Gasteiger partial charge in [0.1, 0.15) is 16.6 Å². The van der Waals surface area contributed by atoms with Crippen molar-refractivity contribution in [1.29, 1.82) is 5.26 Å². The van der Waals surface area contributed by atoms with Crippen LogP contribution in [0.15, 0.2) is 0 Å². The van der Waals surface area contributed by atoms with Gasteiger partial charge in [0.25, 0.3) is 5.91 Å². The molecular weight excluding hydrogens is 363 g/mol. The van der Waals surface area contributed by atoms with Crippen LogP contribution in [0.1, 0.15) is 39.2 Å². The highest BCUT2D eigenvalue weighted by Crippen LogP contribution is 2.38. The van der Waals surface area contributed by atoms with Crippen LogP contribution in [0.5, 0.6) is 0 Å². The van der Waals surface area contributed by atoms with Crippen molar-refractivity contribution >= 4 is 22.2 Å². The minimum Gasteiger partial charge on any atom is -0.312 e. The third-order valence-corrected chi connectivity index (χ3v) is 5.15. The summed E-state index contributed by atoms with van der Waals surface area (Å²) in [5.74, 6) is -12.7. The number of rotatable bonds is 2. The van der Waals surface area contributed by atoms with E-state index in [1.807, 2.05) is 6.07 Å². The number of nitrogens with one attached hydrogen (secondary N) is 1. The molecule has 0 atom stereocenters. The van der Waals surface area contributed by atoms with Gasteiger partial charge in [-0.25, -0.2) is 22.0 Å². The summed E-state index contributed by atoms with van der Waals surface area (Å²) >= 11 is 1.07. The van der Waals surface area contributed by atoms with Gasteiger partial charge in [0.05, 0.1) is 5.56 Å². The topological polar surface area (TPSA) is 52.9 Å². The highest BCUT2D eigenvalue weighted by atomic mass is 32.1. The van der Waals surface area contributed by atoms with Crippen molar-refractivity contribution in [1.82, 2.24) is 0 Å². The number of carbonyl (C=O) groups is 1. The van der Waals surface area contributed by atoms with Crippen molar-refractivity contribution in [3.8, 4) is 6.07 Å². The van der Waals surface area contributed by atoms with Crippen LogP contribution in [0.4, 0.5) is 27.0 Å². The van der Waals surface area contributed by atoms with Gasteiger partial charge in [-0.2, -0.15) is 5.26 Å². The summed E-state index contributed by atoms with van der Waals surface area (Å²) in [6.07, 6.45) is 3.10. The molecule has 1 N–H and O–H groups in total. The van der Waals surface area contributed by atoms with Crippen molar-refractivity contribution in [2.75, 3.05) is 5.32 Å². The predicted molar refractivity (Wildman–Crippen MR) is 79.9 cm³/mol. The quantitative estimate of drug-likeness (QED) is 0.481. The molecule has 3 nitrogen and oxygen atoms in total. The number of carbonyl (C=O) groups excluding carboxylic acids is 1. The maximum atomic E-state index is 13.7. The molecule has 0 saturated carbocycles. The summed E-state index contributed by atoms with van der Waals surface area (Å²) in [5.41, 5.74) is -0.657. The number of aryl methyl sites for hydroxylation is 1. The Kier molecular flexibility index (Phi) is 4.47. The molecule has 0 unspecified atom stereocenters. The number of anilines is 1. The average molecular weight is 372 g/mol. The summed E-state index contributed by atoms with van der Waals surface area (Å²) in [4.78, 5) is 13.0. The van der Waals surface area contributed by atoms with E-state index in [-0.39, 0.29) is 10.6 Å². The number of nitrogens with zero attached hydrogens (tertiary/aromatic N) is 1. The highest BCUT2D eigenvalue weighted by molar-refractivity contribution is 7.16. The third kappa shape index (κ3) is 2.76. The van der Waals surface area contributed by atoms with E-state index in [0.29, 0.717) is 12.8 Å². The zero-order valence-electron chi connectivity index (χ0n) is 12.5. The number of nitriles is 1. The van der Waals surface area contributed by atoms with E-state index in [2.05, 4.69) is 5.32 Å². The van der Waals surface area contributed by atoms with Crippen LogP contribution in [-0.2, 0) is 12.8 Å². The molecule has 3 rings (SSSR count). The first-order valence-corrected chi connectivity index (χ1v) is 8.05. The monoisotopic (exact) mass is 372 g/mol. The second kappa shape index (κ2) is 6.44. The van der Waals surface area contributed by atoms with E-state index >= 15 is 0 Å². The maximum absolute atomic E-state index is 13.7. The number of thiophene rings is 1. The standard InChI is InChI=1S/C16H9F5N2OS/c17-10-9(11(18)13(20)14(21)12(10)19)15(24)23-16-7(5-22)6-3-1-2-4-8(6)25-16/h1-4H2,(H,23,24). The van der Waals surface area contributed by atoms with Gasteiger partial charge in [-0.05, 0) is 31.2 Å². The molecule has 25 heavy (non-hydrogen) atoms. The van der Waals surface area contributed by atoms with E-state index in [1.165, 1.54) is 0 Å². The summed E-state index contributed by atoms with van der Waals surface area (Å²) in [7, 11) is 0. The average Bonchev–Trinajstić information content (AvgIpc) is 2.95. The van der Waals surface area contributed by atoms with E-state index < -0.39 is 40.6 Å². The molecule has 0 fully saturated rings. The Labute approximate surface area is 142 Å². The largest absolute Gasteiger partial charge is 0.312 e. The summed E-state index contributed by atoms with van der Waals surface area (Å²) in [6.45, 7) is 0. The van der Waals surface area contributed by atoms with E-state index in [4.69, 9.17) is 0 Å². The van der Waals surface area contributed by atoms with Crippen LogP contribution in [0.25, 0.3) is 0 Å². The lowest BCUT2D eigenvalue weighted by molar-refractivity contribution is 0.101. The molecule has 1 aliphatic rings. The fraction of sp³-hybridized carbons (Fsp3) is 0.250. The molecule has 2 aromatic rings. The molecule has 9 heteroatoms. The first kappa shape index (κ1) is 17.4. The Morgan fingerprint density at radius 2 is 1.52 bits per heavy atom. The first-order chi connectivity index (χ1) is 11.9. The van der Waals surface area contributed by atoms with Gasteiger partial charge in [-0.3, -0.25) is 4.79 Å². The number of benzene rings is 1. The van der Waals surface area contributed by atoms with Crippen molar-refractivity contribution < 1.29 is 26.7 Å². The second-order valence-corrected chi connectivity index (χ2v) is 6.53. The van der Waals surface area contributed by atoms with Crippen LogP contribution >= 0.6 is 11.3 Å². The molecule has 1 aromatic heterocycles. The minimum atomic E-state index is -2.34. The number of amides is 1. The highest BCUT2D eigenvalue weighted by Gasteiger charge is 2.31. The maximum Gasteiger partial charge on any atom is 0.262 e. The van der Waals surface area contributed by atoms with Crippen LogP contribution in [0.2, 0.25) is 0 Å². The smallest absolute Gasteiger partial charge is 0.262 e. The van der Waals surface area contributed by atoms with Gasteiger partial charge in [-0.15, -0.1) is 11.3 Å². The van der Waals surface area contributed by atoms with Gasteiger partial charge in [0, 0.05) is 4.88 Å². The number of halogens is 5. The lowest BCUT2D eigenvalue weighted by Crippen LogP contribution is -2.19. The Morgan fingerprint density at radius 1 is 0.960 bits per heavy atom. The van der Waals surface area contributed by atoms with Crippen molar-refractivity contribution in [2.45, 2.75) is 25.7 Å². The normalized spacial score (nSPS) is 13.3. The lowest BCUT2D eigenvalue weighted by Gasteiger charge is -2.09. The lowest BCUT2D eigenvalue weighted by atomic mass is 9.96. The molecule has 1 heterocycles. The molecule has 0 radical (unpaired) electrons. The van der Waals surface area contributed by atoms with Crippen LogP contribution in [0, 0.1) is 40.4 Å². The fourth-order valence-electron chi connectivity index (χ4n) is 2.74. The third-order valence-electron chi connectivity index (χ3n) is 3.95. The SMILES string of the molecule is N#Cc1c(NC(=O)c2c(F)c(F)c(F)c(F)c2F)sc2c1CCCC2. The van der Waals surface area contributed by atoms with E-state index in [1.54, 1.807) is 0 Å². The van der Waals surface area contributed by atoms with Gasteiger partial charge in [-0.1, -0.05) is 0 Å². The molecular formula is C16H9F5N2OS. The molecule has 0 bridgehead atoms. The summed E-state index contributed by atoms with van der Waals surface area (Å²) in [6, 6.07) is 1.92. The minimum absolute atomic E-state index is 0.0448. The molecule has 1 aromatic carbocycles. The van der Waals surface area contributed by atoms with E-state index in [0.717, 1.165) is 34.6 Å². The van der Waals surface area contributed by atoms with Gasteiger partial charge < -0.3 is 5.32 Å². The second-order valence-electron chi connectivity index (χ2n) is 5.43. The van der Waals surface area contributed by atoms with Gasteiger partial charge in [0.2, 0.25) is 5.82 Å². The number of hydrogen-bond donors (Lipinski definition) is 1. The summed E-state index contributed by atoms with van der Waals surface area (Å²) in [5, 5.41) is 11.4. The zero-order chi connectivity index (χ0) is 18.3. The number of hydrogen-bond acceptors (Lipinski definition) is 3. The van der Waals surface area contributed by atoms with Gasteiger partial charge in [0.15, 0.2) is 23.3 Å². The Hall–Kier alpha value is -2.47. The van der Waals surface area contributed by atoms with Crippen LogP contribution < -0.4 is 5.32 Å². The van der Waals surface area contributed by atoms with Crippen LogP contribution in [0.3, 0.4) is 0 Å². The zero-order valence-corrected chi connectivity index (χ0v) is 13.3. The predicted octanol–water partition coefficient (Wildman–Crippen LogP) is 4.45. The van der Waals surface area contributed by atoms with E-state index in [9.17, 15) is 32.0 Å². The molecule has 1 amide bonds. The Morgan fingerprint density at radius 3 is 2.12 bits per heavy atom. The molecule has 0 saturated heterocycles. The van der Waals surface area contributed by atoms with Crippen molar-refractivity contribution in [2.24, 2.45) is 0 Å². The Balaban J connectivity index is 2.03. The van der Waals surface area contributed by atoms with Gasteiger partial charge >= 0.3 is 0 Å². The number of fused-ring (bicyclic) bond motifs is 1.